The van der Waals surface area contributed by atoms with E-state index in [1.807, 2.05) is 48.5 Å². The molecule has 0 aliphatic carbocycles. The molecule has 0 aliphatic rings. The van der Waals surface area contributed by atoms with Crippen LogP contribution in [0.2, 0.25) is 0 Å². The van der Waals surface area contributed by atoms with E-state index >= 15 is 0 Å². The minimum absolute atomic E-state index is 0.648. The van der Waals surface area contributed by atoms with Crippen LogP contribution in [0.5, 0.6) is 0 Å². The van der Waals surface area contributed by atoms with Crippen molar-refractivity contribution in [3.63, 3.8) is 0 Å². The van der Waals surface area contributed by atoms with E-state index in [1.54, 1.807) is 11.8 Å². The second kappa shape index (κ2) is 7.68. The standard InChI is InChI=1S/C18H18N4S2/c1-13-9-11-15(12-10-13)24-18-20-16(19-17(21-18)23-3)22(2)14-7-5-4-6-8-14/h4-12H,1-3H3. The van der Waals surface area contributed by atoms with E-state index in [9.17, 15) is 0 Å². The van der Waals surface area contributed by atoms with Crippen LogP contribution in [0.3, 0.4) is 0 Å². The number of anilines is 2. The van der Waals surface area contributed by atoms with Gasteiger partial charge in [0.25, 0.3) is 0 Å². The molecule has 0 N–H and O–H groups in total. The lowest BCUT2D eigenvalue weighted by Gasteiger charge is -2.17. The van der Waals surface area contributed by atoms with Crippen LogP contribution < -0.4 is 4.90 Å². The molecule has 0 radical (unpaired) electrons. The van der Waals surface area contributed by atoms with E-state index < -0.39 is 0 Å². The van der Waals surface area contributed by atoms with Crippen molar-refractivity contribution >= 4 is 35.2 Å². The monoisotopic (exact) mass is 354 g/mol. The molecule has 0 amide bonds. The van der Waals surface area contributed by atoms with Crippen molar-refractivity contribution in [3.05, 3.63) is 60.2 Å². The first-order valence-corrected chi connectivity index (χ1v) is 9.53. The highest BCUT2D eigenvalue weighted by Crippen LogP contribution is 2.29. The number of aryl methyl sites for hydroxylation is 1. The average molecular weight is 355 g/mol. The fourth-order valence-corrected chi connectivity index (χ4v) is 3.24. The van der Waals surface area contributed by atoms with E-state index in [4.69, 9.17) is 0 Å². The molecule has 2 aromatic carbocycles. The van der Waals surface area contributed by atoms with E-state index in [-0.39, 0.29) is 0 Å². The second-order valence-electron chi connectivity index (χ2n) is 5.21. The maximum absolute atomic E-state index is 4.63. The van der Waals surface area contributed by atoms with Crippen LogP contribution in [0.1, 0.15) is 5.56 Å². The fraction of sp³-hybridized carbons (Fsp3) is 0.167. The topological polar surface area (TPSA) is 41.9 Å². The summed E-state index contributed by atoms with van der Waals surface area (Å²) in [6.07, 6.45) is 1.97. The Bertz CT molecular complexity index is 807. The van der Waals surface area contributed by atoms with Crippen LogP contribution in [-0.4, -0.2) is 28.3 Å². The molecule has 1 heterocycles. The number of aromatic nitrogens is 3. The highest BCUT2D eigenvalue weighted by molar-refractivity contribution is 7.99. The average Bonchev–Trinajstić information content (AvgIpc) is 2.63. The maximum atomic E-state index is 4.63. The SMILES string of the molecule is CSc1nc(Sc2ccc(C)cc2)nc(N(C)c2ccccc2)n1. The highest BCUT2D eigenvalue weighted by atomic mass is 32.2. The van der Waals surface area contributed by atoms with Crippen molar-refractivity contribution in [1.29, 1.82) is 0 Å². The molecule has 0 saturated carbocycles. The van der Waals surface area contributed by atoms with Crippen molar-refractivity contribution in [2.75, 3.05) is 18.2 Å². The summed E-state index contributed by atoms with van der Waals surface area (Å²) in [5.74, 6) is 0.648. The molecule has 0 atom stereocenters. The van der Waals surface area contributed by atoms with Crippen molar-refractivity contribution < 1.29 is 0 Å². The Labute approximate surface area is 150 Å². The van der Waals surface area contributed by atoms with Crippen LogP contribution in [-0.2, 0) is 0 Å². The molecule has 0 aliphatic heterocycles. The normalized spacial score (nSPS) is 10.6. The molecular formula is C18H18N4S2. The van der Waals surface area contributed by atoms with E-state index in [0.717, 1.165) is 15.7 Å². The van der Waals surface area contributed by atoms with Gasteiger partial charge >= 0.3 is 0 Å². The van der Waals surface area contributed by atoms with Gasteiger partial charge in [0, 0.05) is 17.6 Å². The van der Waals surface area contributed by atoms with Crippen LogP contribution >= 0.6 is 23.5 Å². The van der Waals surface area contributed by atoms with Gasteiger partial charge in [-0.15, -0.1) is 0 Å². The number of para-hydroxylation sites is 1. The molecule has 3 rings (SSSR count). The van der Waals surface area contributed by atoms with Gasteiger partial charge in [-0.25, -0.2) is 0 Å². The van der Waals surface area contributed by atoms with Crippen molar-refractivity contribution in [2.45, 2.75) is 22.1 Å². The molecule has 0 spiro atoms. The summed E-state index contributed by atoms with van der Waals surface area (Å²) in [6.45, 7) is 2.08. The molecule has 122 valence electrons. The highest BCUT2D eigenvalue weighted by Gasteiger charge is 2.12. The minimum Gasteiger partial charge on any atom is -0.313 e. The Hall–Kier alpha value is -2.05. The largest absolute Gasteiger partial charge is 0.313 e. The Morgan fingerprint density at radius 2 is 1.50 bits per heavy atom. The third kappa shape index (κ3) is 4.07. The summed E-state index contributed by atoms with van der Waals surface area (Å²) in [7, 11) is 1.97. The molecule has 3 aromatic rings. The lowest BCUT2D eigenvalue weighted by molar-refractivity contribution is 0.791. The lowest BCUT2D eigenvalue weighted by Crippen LogP contribution is -2.14. The van der Waals surface area contributed by atoms with Crippen LogP contribution in [0.4, 0.5) is 11.6 Å². The third-order valence-corrected chi connectivity index (χ3v) is 4.86. The smallest absolute Gasteiger partial charge is 0.234 e. The fourth-order valence-electron chi connectivity index (χ4n) is 2.09. The van der Waals surface area contributed by atoms with Gasteiger partial charge in [0.15, 0.2) is 10.3 Å². The van der Waals surface area contributed by atoms with Crippen LogP contribution in [0, 0.1) is 6.92 Å². The Kier molecular flexibility index (Phi) is 5.37. The van der Waals surface area contributed by atoms with Gasteiger partial charge in [0.1, 0.15) is 0 Å². The van der Waals surface area contributed by atoms with Gasteiger partial charge in [0.2, 0.25) is 5.95 Å². The molecule has 0 unspecified atom stereocenters. The number of nitrogens with zero attached hydrogens (tertiary/aromatic N) is 4. The third-order valence-electron chi connectivity index (χ3n) is 3.44. The Balaban J connectivity index is 1.91. The number of hydrogen-bond donors (Lipinski definition) is 0. The molecule has 0 saturated heterocycles. The number of hydrogen-bond acceptors (Lipinski definition) is 6. The molecule has 6 heteroatoms. The van der Waals surface area contributed by atoms with E-state index in [1.165, 1.54) is 17.3 Å². The minimum atomic E-state index is 0.648. The second-order valence-corrected chi connectivity index (χ2v) is 7.03. The Morgan fingerprint density at radius 3 is 2.17 bits per heavy atom. The van der Waals surface area contributed by atoms with Gasteiger partial charge in [-0.05, 0) is 49.2 Å². The summed E-state index contributed by atoms with van der Waals surface area (Å²) in [4.78, 5) is 16.8. The van der Waals surface area contributed by atoms with Crippen molar-refractivity contribution in [1.82, 2.24) is 15.0 Å². The number of rotatable bonds is 5. The first-order valence-electron chi connectivity index (χ1n) is 7.49. The van der Waals surface area contributed by atoms with E-state index in [2.05, 4.69) is 46.1 Å². The lowest BCUT2D eigenvalue weighted by atomic mass is 10.2. The van der Waals surface area contributed by atoms with Crippen molar-refractivity contribution in [3.8, 4) is 0 Å². The van der Waals surface area contributed by atoms with Gasteiger partial charge in [-0.3, -0.25) is 0 Å². The molecule has 4 nitrogen and oxygen atoms in total. The first-order chi connectivity index (χ1) is 11.7. The Morgan fingerprint density at radius 1 is 0.833 bits per heavy atom. The summed E-state index contributed by atoms with van der Waals surface area (Å²) in [5.41, 5.74) is 2.28. The summed E-state index contributed by atoms with van der Waals surface area (Å²) < 4.78 is 0. The molecule has 0 bridgehead atoms. The predicted octanol–water partition coefficient (Wildman–Crippen LogP) is 4.82. The first kappa shape index (κ1) is 16.8. The molecular weight excluding hydrogens is 336 g/mol. The van der Waals surface area contributed by atoms with Gasteiger partial charge in [-0.1, -0.05) is 47.7 Å². The maximum Gasteiger partial charge on any atom is 0.234 e. The van der Waals surface area contributed by atoms with Gasteiger partial charge in [0.05, 0.1) is 0 Å². The zero-order valence-corrected chi connectivity index (χ0v) is 15.4. The summed E-state index contributed by atoms with van der Waals surface area (Å²) >= 11 is 3.07. The zero-order chi connectivity index (χ0) is 16.9. The van der Waals surface area contributed by atoms with E-state index in [0.29, 0.717) is 11.1 Å². The number of thioether (sulfide) groups is 1. The van der Waals surface area contributed by atoms with Crippen molar-refractivity contribution in [2.24, 2.45) is 0 Å². The van der Waals surface area contributed by atoms with Gasteiger partial charge in [-0.2, -0.15) is 15.0 Å². The van der Waals surface area contributed by atoms with Crippen LogP contribution in [0.15, 0.2) is 69.8 Å². The van der Waals surface area contributed by atoms with Gasteiger partial charge < -0.3 is 4.90 Å². The molecule has 1 aromatic heterocycles. The summed E-state index contributed by atoms with van der Waals surface area (Å²) in [6, 6.07) is 18.4. The summed E-state index contributed by atoms with van der Waals surface area (Å²) in [5, 5.41) is 1.42. The number of benzene rings is 2. The quantitative estimate of drug-likeness (QED) is 0.612. The molecule has 0 fully saturated rings. The zero-order valence-electron chi connectivity index (χ0n) is 13.8. The molecule has 24 heavy (non-hydrogen) atoms. The predicted molar refractivity (Wildman–Crippen MR) is 101 cm³/mol. The van der Waals surface area contributed by atoms with Crippen LogP contribution in [0.25, 0.3) is 0 Å².